The van der Waals surface area contributed by atoms with Crippen LogP contribution < -0.4 is 15.8 Å². The number of carbonyl (C=O) groups is 1. The van der Waals surface area contributed by atoms with Gasteiger partial charge in [-0.25, -0.2) is 5.10 Å². The summed E-state index contributed by atoms with van der Waals surface area (Å²) in [6.45, 7) is 6.90. The largest absolute Gasteiger partial charge is 0.369 e. The lowest BCUT2D eigenvalue weighted by molar-refractivity contribution is -0.125. The summed E-state index contributed by atoms with van der Waals surface area (Å²) in [7, 11) is 0. The first-order valence-corrected chi connectivity index (χ1v) is 9.99. The van der Waals surface area contributed by atoms with Gasteiger partial charge in [0, 0.05) is 38.8 Å². The van der Waals surface area contributed by atoms with Gasteiger partial charge in [-0.1, -0.05) is 37.3 Å². The van der Waals surface area contributed by atoms with Gasteiger partial charge in [0.2, 0.25) is 5.91 Å². The third kappa shape index (κ3) is 5.66. The number of carbonyl (C=O) groups excluding carboxylic acids is 1. The molecule has 3 rings (SSSR count). The molecule has 2 heterocycles. The predicted molar refractivity (Wildman–Crippen MR) is 110 cm³/mol. The molecule has 2 aromatic rings. The van der Waals surface area contributed by atoms with Crippen LogP contribution in [-0.4, -0.2) is 53.7 Å². The molecule has 1 fully saturated rings. The van der Waals surface area contributed by atoms with Crippen LogP contribution in [0.25, 0.3) is 0 Å². The average Bonchev–Trinajstić information content (AvgIpc) is 2.73. The Morgan fingerprint density at radius 3 is 2.93 bits per heavy atom. The molecular formula is C21H29N5O2. The molecule has 1 aliphatic rings. The Kier molecular flexibility index (Phi) is 7.19. The second kappa shape index (κ2) is 10.0. The lowest BCUT2D eigenvalue weighted by Crippen LogP contribution is -2.45. The molecule has 1 aliphatic heterocycles. The first kappa shape index (κ1) is 20.1. The molecule has 1 aromatic carbocycles. The molecule has 0 spiro atoms. The maximum atomic E-state index is 12.6. The minimum Gasteiger partial charge on any atom is -0.369 e. The van der Waals surface area contributed by atoms with Crippen LogP contribution in [0, 0.1) is 5.92 Å². The van der Waals surface area contributed by atoms with E-state index in [-0.39, 0.29) is 17.4 Å². The first-order chi connectivity index (χ1) is 13.7. The van der Waals surface area contributed by atoms with Crippen molar-refractivity contribution in [3.63, 3.8) is 0 Å². The predicted octanol–water partition coefficient (Wildman–Crippen LogP) is 1.62. The van der Waals surface area contributed by atoms with E-state index in [1.54, 1.807) is 6.20 Å². The van der Waals surface area contributed by atoms with E-state index in [0.717, 1.165) is 44.7 Å². The number of hydrogen-bond donors (Lipinski definition) is 2. The highest BCUT2D eigenvalue weighted by Crippen LogP contribution is 2.21. The van der Waals surface area contributed by atoms with Crippen molar-refractivity contribution in [3.05, 3.63) is 58.5 Å². The molecule has 1 atom stereocenters. The highest BCUT2D eigenvalue weighted by Gasteiger charge is 2.26. The van der Waals surface area contributed by atoms with E-state index < -0.39 is 0 Å². The van der Waals surface area contributed by atoms with Crippen LogP contribution in [0.1, 0.15) is 25.3 Å². The highest BCUT2D eigenvalue weighted by atomic mass is 16.2. The van der Waals surface area contributed by atoms with Crippen LogP contribution in [0.2, 0.25) is 0 Å². The van der Waals surface area contributed by atoms with E-state index in [1.165, 1.54) is 11.6 Å². The van der Waals surface area contributed by atoms with Gasteiger partial charge in [-0.15, -0.1) is 0 Å². The Balaban J connectivity index is 1.46. The van der Waals surface area contributed by atoms with Gasteiger partial charge in [-0.3, -0.25) is 14.5 Å². The molecule has 0 aliphatic carbocycles. The summed E-state index contributed by atoms with van der Waals surface area (Å²) >= 11 is 0. The van der Waals surface area contributed by atoms with Crippen LogP contribution in [0.3, 0.4) is 0 Å². The average molecular weight is 383 g/mol. The Labute approximate surface area is 165 Å². The Hall–Kier alpha value is -2.67. The second-order valence-electron chi connectivity index (χ2n) is 7.23. The number of piperidine rings is 1. The molecule has 1 aromatic heterocycles. The van der Waals surface area contributed by atoms with Gasteiger partial charge in [0.25, 0.3) is 5.56 Å². The number of likely N-dealkylation sites (N-methyl/N-ethyl adjacent to an activating group) is 1. The quantitative estimate of drug-likeness (QED) is 0.724. The van der Waals surface area contributed by atoms with Crippen LogP contribution >= 0.6 is 0 Å². The minimum atomic E-state index is -0.220. The normalized spacial score (nSPS) is 16.9. The Morgan fingerprint density at radius 2 is 2.18 bits per heavy atom. The molecule has 7 heteroatoms. The van der Waals surface area contributed by atoms with Crippen molar-refractivity contribution in [2.75, 3.05) is 37.6 Å². The van der Waals surface area contributed by atoms with Crippen molar-refractivity contribution in [3.8, 4) is 0 Å². The van der Waals surface area contributed by atoms with Crippen LogP contribution in [0.5, 0.6) is 0 Å². The number of anilines is 1. The summed E-state index contributed by atoms with van der Waals surface area (Å²) in [5.74, 6) is 0.0375. The molecule has 0 radical (unpaired) electrons. The van der Waals surface area contributed by atoms with E-state index in [4.69, 9.17) is 0 Å². The Bertz CT molecular complexity index is 808. The molecule has 7 nitrogen and oxygen atoms in total. The van der Waals surface area contributed by atoms with E-state index in [1.807, 2.05) is 6.07 Å². The van der Waals surface area contributed by atoms with Crippen LogP contribution in [0.15, 0.2) is 47.4 Å². The van der Waals surface area contributed by atoms with Gasteiger partial charge in [0.1, 0.15) is 0 Å². The zero-order chi connectivity index (χ0) is 19.8. The second-order valence-corrected chi connectivity index (χ2v) is 7.23. The number of amides is 1. The van der Waals surface area contributed by atoms with Gasteiger partial charge in [-0.05, 0) is 24.9 Å². The molecule has 0 bridgehead atoms. The molecular weight excluding hydrogens is 354 g/mol. The summed E-state index contributed by atoms with van der Waals surface area (Å²) in [6.07, 6.45) is 3.45. The summed E-state index contributed by atoms with van der Waals surface area (Å²) in [6, 6.07) is 11.9. The number of hydrogen-bond acceptors (Lipinski definition) is 5. The van der Waals surface area contributed by atoms with E-state index in [9.17, 15) is 9.59 Å². The van der Waals surface area contributed by atoms with Crippen molar-refractivity contribution in [1.82, 2.24) is 20.4 Å². The lowest BCUT2D eigenvalue weighted by Gasteiger charge is -2.33. The van der Waals surface area contributed by atoms with E-state index in [0.29, 0.717) is 13.1 Å². The summed E-state index contributed by atoms with van der Waals surface area (Å²) in [4.78, 5) is 28.5. The van der Waals surface area contributed by atoms with E-state index in [2.05, 4.69) is 56.5 Å². The lowest BCUT2D eigenvalue weighted by atomic mass is 9.97. The number of H-pyrrole nitrogens is 1. The first-order valence-electron chi connectivity index (χ1n) is 9.99. The minimum absolute atomic E-state index is 0.0581. The van der Waals surface area contributed by atoms with Crippen molar-refractivity contribution in [2.45, 2.75) is 26.3 Å². The molecule has 150 valence electrons. The third-order valence-corrected chi connectivity index (χ3v) is 5.23. The van der Waals surface area contributed by atoms with Crippen molar-refractivity contribution in [2.24, 2.45) is 5.92 Å². The standard InChI is InChI=1S/C21H29N5O2/c1-2-25(15-17-7-4-3-5-8-17)12-10-22-21(28)18-9-6-11-26(16-18)19-13-20(27)24-23-14-19/h3-5,7-8,13-14,18H,2,6,9-12,15-16H2,1H3,(H,22,28)(H,24,27)/t18-/m1/s1. The molecule has 2 N–H and O–H groups in total. The van der Waals surface area contributed by atoms with Gasteiger partial charge in [-0.2, -0.15) is 5.10 Å². The molecule has 0 unspecified atom stereocenters. The fraction of sp³-hybridized carbons (Fsp3) is 0.476. The third-order valence-electron chi connectivity index (χ3n) is 5.23. The molecule has 0 saturated carbocycles. The molecule has 1 saturated heterocycles. The summed E-state index contributed by atoms with van der Waals surface area (Å²) < 4.78 is 0. The SMILES string of the molecule is CCN(CCNC(=O)[C@@H]1CCCN(c2cn[nH]c(=O)c2)C1)Cc1ccccc1. The number of aromatic nitrogens is 2. The summed E-state index contributed by atoms with van der Waals surface area (Å²) in [5, 5.41) is 9.34. The fourth-order valence-corrected chi connectivity index (χ4v) is 3.64. The van der Waals surface area contributed by atoms with Gasteiger partial charge in [0.05, 0.1) is 17.8 Å². The maximum Gasteiger partial charge on any atom is 0.266 e. The molecule has 1 amide bonds. The van der Waals surface area contributed by atoms with Gasteiger partial charge in [0.15, 0.2) is 0 Å². The number of rotatable bonds is 8. The van der Waals surface area contributed by atoms with Crippen molar-refractivity contribution < 1.29 is 4.79 Å². The van der Waals surface area contributed by atoms with Crippen LogP contribution in [-0.2, 0) is 11.3 Å². The smallest absolute Gasteiger partial charge is 0.266 e. The van der Waals surface area contributed by atoms with Crippen LogP contribution in [0.4, 0.5) is 5.69 Å². The number of benzene rings is 1. The number of aromatic amines is 1. The van der Waals surface area contributed by atoms with Gasteiger partial charge < -0.3 is 10.2 Å². The molecule has 28 heavy (non-hydrogen) atoms. The Morgan fingerprint density at radius 1 is 1.36 bits per heavy atom. The fourth-order valence-electron chi connectivity index (χ4n) is 3.64. The topological polar surface area (TPSA) is 81.3 Å². The number of nitrogens with one attached hydrogen (secondary N) is 2. The zero-order valence-electron chi connectivity index (χ0n) is 16.4. The van der Waals surface area contributed by atoms with Crippen molar-refractivity contribution in [1.29, 1.82) is 0 Å². The maximum absolute atomic E-state index is 12.6. The monoisotopic (exact) mass is 383 g/mol. The van der Waals surface area contributed by atoms with Gasteiger partial charge >= 0.3 is 0 Å². The number of nitrogens with zero attached hydrogens (tertiary/aromatic N) is 3. The zero-order valence-corrected chi connectivity index (χ0v) is 16.4. The summed E-state index contributed by atoms with van der Waals surface area (Å²) in [5.41, 5.74) is 1.84. The van der Waals surface area contributed by atoms with E-state index >= 15 is 0 Å². The van der Waals surface area contributed by atoms with Crippen molar-refractivity contribution >= 4 is 11.6 Å². The highest BCUT2D eigenvalue weighted by molar-refractivity contribution is 5.79.